The molecule has 4 amide bonds. The maximum absolute atomic E-state index is 13.8. The Morgan fingerprint density at radius 1 is 0.714 bits per heavy atom. The molecule has 0 unspecified atom stereocenters. The maximum Gasteiger partial charge on any atom is 0.407 e. The Kier molecular flexibility index (Phi) is 13.5. The topological polar surface area (TPSA) is 193 Å². The molecule has 4 aromatic rings. The molecular weight excluding hydrogens is 851 g/mol. The Hall–Kier alpha value is -5.48. The number of carbonyl (C=O) groups excluding carboxylic acids is 4. The molecule has 63 heavy (non-hydrogen) atoms. The van der Waals surface area contributed by atoms with Crippen molar-refractivity contribution < 1.29 is 38.1 Å². The number of methoxy groups -OCH3 is 2. The first-order valence-electron chi connectivity index (χ1n) is 21.4. The molecule has 3 aliphatic heterocycles. The predicted octanol–water partition coefficient (Wildman–Crippen LogP) is 8.33. The third-order valence-corrected chi connectivity index (χ3v) is 12.5. The lowest BCUT2D eigenvalue weighted by Crippen LogP contribution is -2.51. The molecular formula is C45H56Cl2N8O8. The van der Waals surface area contributed by atoms with Crippen molar-refractivity contribution in [2.45, 2.75) is 91.4 Å². The van der Waals surface area contributed by atoms with Crippen molar-refractivity contribution in [2.75, 3.05) is 40.5 Å². The summed E-state index contributed by atoms with van der Waals surface area (Å²) in [5, 5.41) is 5.89. The quantitative estimate of drug-likeness (QED) is 0.120. The number of aromatic nitrogens is 4. The number of hydrogen-bond acceptors (Lipinski definition) is 10. The fourth-order valence-electron chi connectivity index (χ4n) is 8.45. The molecule has 18 heteroatoms. The highest BCUT2D eigenvalue weighted by Crippen LogP contribution is 2.45. The van der Waals surface area contributed by atoms with Crippen molar-refractivity contribution in [1.29, 1.82) is 0 Å². The molecule has 338 valence electrons. The van der Waals surface area contributed by atoms with E-state index in [1.54, 1.807) is 9.80 Å². The fourth-order valence-corrected chi connectivity index (χ4v) is 8.94. The molecule has 3 aliphatic rings. The normalized spacial score (nSPS) is 19.2. The Bertz CT molecular complexity index is 2200. The number of likely N-dealkylation sites (tertiary alicyclic amines) is 2. The SMILES string of the molecule is COC(=O)N[C@H](C(=O)N1CCC[C@H]1c1nc(Cl)c(-c2ccc3c(c2)OCC(C)(C)COc2cc(-c4[nH]c([C@@H]5CCCN5C(=O)[C@@H](NC(=O)OC)C(C)C)nc4Cl)ccc2-3)[nH]1)C(C)C. The average Bonchev–Trinajstić information content (AvgIpc) is 4.09. The number of amides is 4. The van der Waals surface area contributed by atoms with Gasteiger partial charge in [-0.15, -0.1) is 0 Å². The van der Waals surface area contributed by atoms with Gasteiger partial charge in [-0.2, -0.15) is 0 Å². The van der Waals surface area contributed by atoms with Crippen molar-refractivity contribution in [1.82, 2.24) is 40.4 Å². The maximum atomic E-state index is 13.8. The van der Waals surface area contributed by atoms with Crippen molar-refractivity contribution in [2.24, 2.45) is 17.3 Å². The second kappa shape index (κ2) is 18.7. The van der Waals surface area contributed by atoms with Gasteiger partial charge in [0.15, 0.2) is 10.3 Å². The summed E-state index contributed by atoms with van der Waals surface area (Å²) in [6, 6.07) is 9.42. The van der Waals surface area contributed by atoms with Crippen molar-refractivity contribution in [3.8, 4) is 45.1 Å². The second-order valence-corrected chi connectivity index (χ2v) is 18.5. The van der Waals surface area contributed by atoms with Crippen LogP contribution in [0.15, 0.2) is 36.4 Å². The highest BCUT2D eigenvalue weighted by Gasteiger charge is 2.40. The minimum absolute atomic E-state index is 0.167. The number of carbonyl (C=O) groups is 4. The minimum atomic E-state index is -0.763. The summed E-state index contributed by atoms with van der Waals surface area (Å²) in [4.78, 5) is 71.5. The number of imidazole rings is 2. The van der Waals surface area contributed by atoms with Crippen LogP contribution in [-0.4, -0.2) is 106 Å². The van der Waals surface area contributed by atoms with Crippen molar-refractivity contribution in [3.05, 3.63) is 58.4 Å². The molecule has 0 saturated carbocycles. The van der Waals surface area contributed by atoms with Gasteiger partial charge in [-0.05, 0) is 61.8 Å². The minimum Gasteiger partial charge on any atom is -0.492 e. The largest absolute Gasteiger partial charge is 0.492 e. The summed E-state index contributed by atoms with van der Waals surface area (Å²) in [7, 11) is 2.54. The summed E-state index contributed by atoms with van der Waals surface area (Å²) in [6.07, 6.45) is 1.56. The summed E-state index contributed by atoms with van der Waals surface area (Å²) < 4.78 is 22.7. The molecule has 0 aliphatic carbocycles. The van der Waals surface area contributed by atoms with E-state index in [1.807, 2.05) is 64.1 Å². The van der Waals surface area contributed by atoms with Gasteiger partial charge in [0.05, 0.1) is 50.9 Å². The van der Waals surface area contributed by atoms with E-state index in [4.69, 9.17) is 52.1 Å². The van der Waals surface area contributed by atoms with Gasteiger partial charge in [0.1, 0.15) is 35.2 Å². The lowest BCUT2D eigenvalue weighted by molar-refractivity contribution is -0.136. The Balaban J connectivity index is 1.17. The van der Waals surface area contributed by atoms with Gasteiger partial charge < -0.3 is 49.3 Å². The van der Waals surface area contributed by atoms with E-state index >= 15 is 0 Å². The van der Waals surface area contributed by atoms with Gasteiger partial charge in [0, 0.05) is 40.8 Å². The van der Waals surface area contributed by atoms with Gasteiger partial charge >= 0.3 is 12.2 Å². The van der Waals surface area contributed by atoms with E-state index in [9.17, 15) is 19.2 Å². The molecule has 0 bridgehead atoms. The highest BCUT2D eigenvalue weighted by molar-refractivity contribution is 6.32. The van der Waals surface area contributed by atoms with Gasteiger partial charge in [0.25, 0.3) is 0 Å². The molecule has 16 nitrogen and oxygen atoms in total. The Labute approximate surface area is 377 Å². The zero-order chi connectivity index (χ0) is 45.3. The first kappa shape index (κ1) is 45.5. The van der Waals surface area contributed by atoms with E-state index in [2.05, 4.69) is 34.4 Å². The number of alkyl carbamates (subject to hydrolysis) is 2. The van der Waals surface area contributed by atoms with Crippen LogP contribution in [-0.2, 0) is 19.1 Å². The number of nitrogens with one attached hydrogen (secondary N) is 4. The van der Waals surface area contributed by atoms with Gasteiger partial charge in [-0.1, -0.05) is 76.9 Å². The number of H-pyrrole nitrogens is 2. The Morgan fingerprint density at radius 2 is 1.11 bits per heavy atom. The molecule has 0 spiro atoms. The van der Waals surface area contributed by atoms with E-state index < -0.39 is 24.3 Å². The standard InChI is InChI=1S/C45H56Cl2N8O8/c1-23(2)33(50-43(58)60-7)41(56)54-17-9-11-29(54)39-48-35(37(46)52-39)25-13-15-27-28-16-14-26(20-32(28)63-22-45(5,6)21-62-31(27)19-25)36-38(47)53-40(49-36)30-12-10-18-55(30)42(57)34(24(3)4)51-44(59)61-8/h13-16,19-20,23-24,29-30,33-34H,9-12,17-18,21-22H2,1-8H3,(H,48,52)(H,49,53)(H,50,58)(H,51,59)/t29-,30-,33-,34-/m0/s1. The van der Waals surface area contributed by atoms with Crippen LogP contribution >= 0.6 is 23.2 Å². The van der Waals surface area contributed by atoms with Crippen LogP contribution in [0.4, 0.5) is 9.59 Å². The molecule has 2 saturated heterocycles. The molecule has 0 radical (unpaired) electrons. The van der Waals surface area contributed by atoms with Crippen molar-refractivity contribution in [3.63, 3.8) is 0 Å². The number of ether oxygens (including phenoxy) is 4. The van der Waals surface area contributed by atoms with Crippen molar-refractivity contribution >= 4 is 47.2 Å². The average molecular weight is 908 g/mol. The molecule has 2 aromatic carbocycles. The number of halogens is 2. The van der Waals surface area contributed by atoms with Crippen LogP contribution in [0.5, 0.6) is 11.5 Å². The van der Waals surface area contributed by atoms with E-state index in [-0.39, 0.29) is 51.5 Å². The number of aromatic amines is 2. The number of benzene rings is 2. The first-order chi connectivity index (χ1) is 30.0. The summed E-state index contributed by atoms with van der Waals surface area (Å²) in [5.41, 5.74) is 3.88. The smallest absolute Gasteiger partial charge is 0.407 e. The molecule has 2 fully saturated rings. The summed E-state index contributed by atoms with van der Waals surface area (Å²) in [5.74, 6) is 1.60. The van der Waals surface area contributed by atoms with Crippen LogP contribution in [0.1, 0.15) is 91.0 Å². The third kappa shape index (κ3) is 9.57. The fraction of sp³-hybridized carbons (Fsp3) is 0.511. The Morgan fingerprint density at radius 3 is 1.48 bits per heavy atom. The van der Waals surface area contributed by atoms with E-state index in [0.29, 0.717) is 73.7 Å². The molecule has 5 heterocycles. The molecule has 2 aromatic heterocycles. The number of hydrogen-bond donors (Lipinski definition) is 4. The molecule has 4 N–H and O–H groups in total. The van der Waals surface area contributed by atoms with Crippen LogP contribution < -0.4 is 20.1 Å². The van der Waals surface area contributed by atoms with Gasteiger partial charge in [0.2, 0.25) is 11.8 Å². The van der Waals surface area contributed by atoms with Crippen LogP contribution in [0, 0.1) is 17.3 Å². The van der Waals surface area contributed by atoms with Gasteiger partial charge in [-0.3, -0.25) is 9.59 Å². The van der Waals surface area contributed by atoms with E-state index in [1.165, 1.54) is 14.2 Å². The monoisotopic (exact) mass is 906 g/mol. The second-order valence-electron chi connectivity index (χ2n) is 17.8. The lowest BCUT2D eigenvalue weighted by Gasteiger charge is -2.30. The summed E-state index contributed by atoms with van der Waals surface area (Å²) >= 11 is 13.7. The number of fused-ring (bicyclic) bond motifs is 3. The zero-order valence-electron chi connectivity index (χ0n) is 36.9. The third-order valence-electron chi connectivity index (χ3n) is 11.9. The van der Waals surface area contributed by atoms with E-state index in [0.717, 1.165) is 35.1 Å². The van der Waals surface area contributed by atoms with Crippen LogP contribution in [0.2, 0.25) is 10.3 Å². The highest BCUT2D eigenvalue weighted by atomic mass is 35.5. The molecule has 7 rings (SSSR count). The van der Waals surface area contributed by atoms with Crippen LogP contribution in [0.25, 0.3) is 33.6 Å². The lowest BCUT2D eigenvalue weighted by atomic mass is 9.96. The molecule has 4 atom stereocenters. The summed E-state index contributed by atoms with van der Waals surface area (Å²) in [6.45, 7) is 13.4. The van der Waals surface area contributed by atoms with Gasteiger partial charge in [-0.25, -0.2) is 19.6 Å². The number of nitrogens with zero attached hydrogens (tertiary/aromatic N) is 4. The first-order valence-corrected chi connectivity index (χ1v) is 22.1. The predicted molar refractivity (Wildman–Crippen MR) is 238 cm³/mol. The van der Waals surface area contributed by atoms with Crippen LogP contribution in [0.3, 0.4) is 0 Å². The zero-order valence-corrected chi connectivity index (χ0v) is 38.4. The number of rotatable bonds is 10.